The van der Waals surface area contributed by atoms with Gasteiger partial charge >= 0.3 is 0 Å². The van der Waals surface area contributed by atoms with E-state index >= 15 is 0 Å². The molecule has 2 aromatic heterocycles. The number of hydrogen-bond acceptors (Lipinski definition) is 2. The molecule has 146 valence electrons. The van der Waals surface area contributed by atoms with Crippen LogP contribution in [-0.4, -0.2) is 14.8 Å². The number of aromatic nitrogens is 3. The zero-order valence-corrected chi connectivity index (χ0v) is 17.5. The second kappa shape index (κ2) is 8.04. The summed E-state index contributed by atoms with van der Waals surface area (Å²) in [5.41, 5.74) is 8.41. The Labute approximate surface area is 173 Å². The third-order valence-electron chi connectivity index (χ3n) is 5.34. The Balaban J connectivity index is 1.98. The van der Waals surface area contributed by atoms with Gasteiger partial charge < -0.3 is 4.57 Å². The summed E-state index contributed by atoms with van der Waals surface area (Å²) in [6, 6.07) is 23.5. The van der Waals surface area contributed by atoms with Crippen molar-refractivity contribution in [1.82, 2.24) is 14.8 Å². The fourth-order valence-corrected chi connectivity index (χ4v) is 3.86. The third kappa shape index (κ3) is 3.73. The first-order valence-electron chi connectivity index (χ1n) is 10.3. The Kier molecular flexibility index (Phi) is 5.30. The zero-order valence-electron chi connectivity index (χ0n) is 17.5. The van der Waals surface area contributed by atoms with E-state index in [1.54, 1.807) is 6.20 Å². The van der Waals surface area contributed by atoms with Crippen molar-refractivity contribution in [3.8, 4) is 28.2 Å². The highest BCUT2D eigenvalue weighted by atomic mass is 15.1. The molecule has 0 N–H and O–H groups in total. The Morgan fingerprint density at radius 1 is 0.724 bits per heavy atom. The summed E-state index contributed by atoms with van der Waals surface area (Å²) in [4.78, 5) is 0. The number of rotatable bonds is 5. The first-order valence-corrected chi connectivity index (χ1v) is 10.3. The maximum atomic E-state index is 4.35. The molecule has 0 aliphatic heterocycles. The molecule has 2 heterocycles. The van der Waals surface area contributed by atoms with E-state index in [0.29, 0.717) is 11.8 Å². The van der Waals surface area contributed by atoms with Gasteiger partial charge in [0.2, 0.25) is 0 Å². The summed E-state index contributed by atoms with van der Waals surface area (Å²) in [6.45, 7) is 9.04. The van der Waals surface area contributed by atoms with E-state index in [4.69, 9.17) is 0 Å². The Morgan fingerprint density at radius 3 is 2.00 bits per heavy atom. The van der Waals surface area contributed by atoms with Crippen molar-refractivity contribution in [2.24, 2.45) is 0 Å². The molecule has 2 aromatic carbocycles. The minimum absolute atomic E-state index is 0.380. The number of hydrogen-bond donors (Lipinski definition) is 0. The van der Waals surface area contributed by atoms with Crippen LogP contribution >= 0.6 is 0 Å². The molecule has 3 heteroatoms. The van der Waals surface area contributed by atoms with Crippen LogP contribution in [0.2, 0.25) is 0 Å². The summed E-state index contributed by atoms with van der Waals surface area (Å²) < 4.78 is 2.35. The molecule has 0 amide bonds. The lowest BCUT2D eigenvalue weighted by Gasteiger charge is -2.24. The molecule has 0 spiro atoms. The Bertz CT molecular complexity index is 1060. The minimum Gasteiger partial charge on any atom is -0.316 e. The van der Waals surface area contributed by atoms with Crippen LogP contribution in [0.15, 0.2) is 79.1 Å². The fourth-order valence-electron chi connectivity index (χ4n) is 3.86. The molecule has 0 radical (unpaired) electrons. The summed E-state index contributed by atoms with van der Waals surface area (Å²) in [6.07, 6.45) is 3.90. The van der Waals surface area contributed by atoms with E-state index in [0.717, 1.165) is 11.3 Å². The highest BCUT2D eigenvalue weighted by Gasteiger charge is 2.20. The van der Waals surface area contributed by atoms with Gasteiger partial charge in [-0.3, -0.25) is 0 Å². The van der Waals surface area contributed by atoms with Crippen molar-refractivity contribution >= 4 is 0 Å². The molecular formula is C26H27N3. The van der Waals surface area contributed by atoms with Gasteiger partial charge in [-0.05, 0) is 64.9 Å². The quantitative estimate of drug-likeness (QED) is 0.378. The maximum Gasteiger partial charge on any atom is 0.0929 e. The van der Waals surface area contributed by atoms with Crippen LogP contribution in [0.1, 0.15) is 50.7 Å². The van der Waals surface area contributed by atoms with E-state index < -0.39 is 0 Å². The molecule has 0 aliphatic rings. The van der Waals surface area contributed by atoms with E-state index in [1.165, 1.54) is 28.1 Å². The van der Waals surface area contributed by atoms with Crippen molar-refractivity contribution in [3.63, 3.8) is 0 Å². The van der Waals surface area contributed by atoms with Crippen molar-refractivity contribution in [1.29, 1.82) is 0 Å². The summed E-state index contributed by atoms with van der Waals surface area (Å²) in [5, 5.41) is 8.43. The van der Waals surface area contributed by atoms with E-state index in [2.05, 4.69) is 103 Å². The smallest absolute Gasteiger partial charge is 0.0929 e. The Morgan fingerprint density at radius 2 is 1.41 bits per heavy atom. The van der Waals surface area contributed by atoms with E-state index in [-0.39, 0.29) is 0 Å². The van der Waals surface area contributed by atoms with E-state index in [1.807, 2.05) is 12.1 Å². The predicted octanol–water partition coefficient (Wildman–Crippen LogP) is 6.85. The molecule has 0 atom stereocenters. The first-order chi connectivity index (χ1) is 14.1. The number of benzene rings is 2. The van der Waals surface area contributed by atoms with Crippen molar-refractivity contribution < 1.29 is 0 Å². The number of nitrogens with zero attached hydrogens (tertiary/aromatic N) is 3. The molecule has 4 rings (SSSR count). The second-order valence-electron chi connectivity index (χ2n) is 8.05. The van der Waals surface area contributed by atoms with Crippen LogP contribution in [0, 0.1) is 0 Å². The first kappa shape index (κ1) is 19.1. The van der Waals surface area contributed by atoms with Crippen LogP contribution in [0.25, 0.3) is 28.2 Å². The van der Waals surface area contributed by atoms with Crippen LogP contribution in [0.4, 0.5) is 0 Å². The van der Waals surface area contributed by atoms with Crippen LogP contribution in [-0.2, 0) is 0 Å². The molecule has 29 heavy (non-hydrogen) atoms. The molecule has 0 fully saturated rings. The molecule has 4 aromatic rings. The van der Waals surface area contributed by atoms with Crippen molar-refractivity contribution in [2.45, 2.75) is 39.5 Å². The average molecular weight is 382 g/mol. The molecule has 3 nitrogen and oxygen atoms in total. The average Bonchev–Trinajstić information content (AvgIpc) is 3.23. The fraction of sp³-hybridized carbons (Fsp3) is 0.231. The molecule has 0 aliphatic carbocycles. The van der Waals surface area contributed by atoms with Gasteiger partial charge in [-0.1, -0.05) is 58.0 Å². The molecule has 0 bridgehead atoms. The lowest BCUT2D eigenvalue weighted by Crippen LogP contribution is -2.08. The highest BCUT2D eigenvalue weighted by Crippen LogP contribution is 2.37. The Hall–Kier alpha value is -3.20. The van der Waals surface area contributed by atoms with Gasteiger partial charge in [0.15, 0.2) is 0 Å². The lowest BCUT2D eigenvalue weighted by atomic mass is 9.89. The topological polar surface area (TPSA) is 30.7 Å². The van der Waals surface area contributed by atoms with Crippen LogP contribution in [0.3, 0.4) is 0 Å². The molecular weight excluding hydrogens is 354 g/mol. The van der Waals surface area contributed by atoms with Gasteiger partial charge in [0.25, 0.3) is 0 Å². The molecule has 0 unspecified atom stereocenters. The molecule has 0 saturated heterocycles. The predicted molar refractivity (Wildman–Crippen MR) is 120 cm³/mol. The largest absolute Gasteiger partial charge is 0.316 e. The van der Waals surface area contributed by atoms with Crippen LogP contribution < -0.4 is 0 Å². The van der Waals surface area contributed by atoms with Gasteiger partial charge in [0, 0.05) is 18.0 Å². The van der Waals surface area contributed by atoms with Crippen LogP contribution in [0.5, 0.6) is 0 Å². The zero-order chi connectivity index (χ0) is 20.4. The molecule has 0 saturated carbocycles. The summed E-state index contributed by atoms with van der Waals surface area (Å²) in [7, 11) is 0. The van der Waals surface area contributed by atoms with Gasteiger partial charge in [0.1, 0.15) is 0 Å². The normalized spacial score (nSPS) is 11.4. The van der Waals surface area contributed by atoms with Gasteiger partial charge in [0.05, 0.1) is 17.1 Å². The SMILES string of the molecule is CC(C)c1cc(-c2cccnn2)cc(C(C)C)c1-n1cccc1-c1ccccc1. The van der Waals surface area contributed by atoms with Gasteiger partial charge in [-0.25, -0.2) is 0 Å². The summed E-state index contributed by atoms with van der Waals surface area (Å²) >= 11 is 0. The van der Waals surface area contributed by atoms with Crippen molar-refractivity contribution in [2.75, 3.05) is 0 Å². The third-order valence-corrected chi connectivity index (χ3v) is 5.34. The summed E-state index contributed by atoms with van der Waals surface area (Å²) in [5.74, 6) is 0.760. The van der Waals surface area contributed by atoms with Crippen molar-refractivity contribution in [3.05, 3.63) is 90.3 Å². The standard InChI is InChI=1S/C26H27N3/c1-18(2)22-16-21(24-12-8-14-27-28-24)17-23(19(3)4)26(22)29-15-9-13-25(29)20-10-6-5-7-11-20/h5-19H,1-4H3. The minimum atomic E-state index is 0.380. The maximum absolute atomic E-state index is 4.35. The highest BCUT2D eigenvalue weighted by molar-refractivity contribution is 5.70. The second-order valence-corrected chi connectivity index (χ2v) is 8.05. The van der Waals surface area contributed by atoms with Gasteiger partial charge in [-0.2, -0.15) is 10.2 Å². The van der Waals surface area contributed by atoms with E-state index in [9.17, 15) is 0 Å². The lowest BCUT2D eigenvalue weighted by molar-refractivity contribution is 0.808. The monoisotopic (exact) mass is 381 g/mol. The van der Waals surface area contributed by atoms with Gasteiger partial charge in [-0.15, -0.1) is 0 Å².